The van der Waals surface area contributed by atoms with Gasteiger partial charge in [-0.1, -0.05) is 0 Å². The Morgan fingerprint density at radius 3 is 2.67 bits per heavy atom. The lowest BCUT2D eigenvalue weighted by molar-refractivity contribution is -0.139. The molecule has 0 N–H and O–H groups in total. The van der Waals surface area contributed by atoms with Crippen molar-refractivity contribution in [2.75, 3.05) is 45.8 Å². The van der Waals surface area contributed by atoms with Crippen molar-refractivity contribution in [1.82, 2.24) is 19.8 Å². The van der Waals surface area contributed by atoms with Crippen LogP contribution in [0, 0.1) is 0 Å². The zero-order chi connectivity index (χ0) is 19.6. The summed E-state index contributed by atoms with van der Waals surface area (Å²) in [5, 5.41) is 0. The minimum atomic E-state index is -0.115. The third kappa shape index (κ3) is 4.05. The summed E-state index contributed by atoms with van der Waals surface area (Å²) in [4.78, 5) is 39.6. The number of anilines is 1. The monoisotopic (exact) mass is 375 g/mol. The van der Waals surface area contributed by atoms with E-state index in [1.807, 2.05) is 28.8 Å². The van der Waals surface area contributed by atoms with Gasteiger partial charge in [0.05, 0.1) is 18.3 Å². The molecule has 0 bridgehead atoms. The van der Waals surface area contributed by atoms with Gasteiger partial charge in [-0.25, -0.2) is 9.97 Å². The third-order valence-electron chi connectivity index (χ3n) is 5.31. The fourth-order valence-electron chi connectivity index (χ4n) is 3.91. The molecule has 0 aromatic carbocycles. The van der Waals surface area contributed by atoms with Gasteiger partial charge in [-0.2, -0.15) is 0 Å². The molecule has 1 atom stereocenters. The first kappa shape index (κ1) is 19.5. The Balaban J connectivity index is 1.97. The van der Waals surface area contributed by atoms with Crippen LogP contribution in [0.3, 0.4) is 0 Å². The van der Waals surface area contributed by atoms with Crippen molar-refractivity contribution in [1.29, 1.82) is 0 Å². The number of likely N-dealkylation sites (tertiary alicyclic amines) is 1. The molecule has 2 amide bonds. The molecule has 0 saturated carbocycles. The largest absolute Gasteiger partial charge is 0.375 e. The van der Waals surface area contributed by atoms with E-state index in [2.05, 4.69) is 0 Å². The molecule has 0 aliphatic carbocycles. The molecular formula is C19H29N5O3. The van der Waals surface area contributed by atoms with Crippen molar-refractivity contribution in [3.8, 4) is 0 Å². The van der Waals surface area contributed by atoms with Crippen LogP contribution >= 0.6 is 0 Å². The van der Waals surface area contributed by atoms with Crippen molar-refractivity contribution >= 4 is 17.6 Å². The summed E-state index contributed by atoms with van der Waals surface area (Å²) >= 11 is 0. The maximum atomic E-state index is 12.5. The molecule has 27 heavy (non-hydrogen) atoms. The van der Waals surface area contributed by atoms with Gasteiger partial charge < -0.3 is 19.4 Å². The summed E-state index contributed by atoms with van der Waals surface area (Å²) in [5.74, 6) is 1.60. The van der Waals surface area contributed by atoms with E-state index in [-0.39, 0.29) is 24.5 Å². The maximum Gasteiger partial charge on any atom is 0.249 e. The minimum absolute atomic E-state index is 0.0160. The Morgan fingerprint density at radius 2 is 2.00 bits per heavy atom. The van der Waals surface area contributed by atoms with Gasteiger partial charge in [0.1, 0.15) is 12.4 Å². The summed E-state index contributed by atoms with van der Waals surface area (Å²) in [7, 11) is 5.44. The van der Waals surface area contributed by atoms with E-state index in [0.717, 1.165) is 36.3 Å². The molecule has 148 valence electrons. The number of carbonyl (C=O) groups is 2. The first-order valence-corrected chi connectivity index (χ1v) is 9.53. The summed E-state index contributed by atoms with van der Waals surface area (Å²) in [6.07, 6.45) is 3.62. The predicted molar refractivity (Wildman–Crippen MR) is 101 cm³/mol. The van der Waals surface area contributed by atoms with E-state index in [9.17, 15) is 9.59 Å². The molecule has 1 saturated heterocycles. The fraction of sp³-hybridized carbons (Fsp3) is 0.684. The van der Waals surface area contributed by atoms with E-state index >= 15 is 0 Å². The lowest BCUT2D eigenvalue weighted by Crippen LogP contribution is -2.42. The van der Waals surface area contributed by atoms with Crippen molar-refractivity contribution < 1.29 is 14.3 Å². The van der Waals surface area contributed by atoms with Crippen LogP contribution in [0.2, 0.25) is 0 Å². The number of methoxy groups -OCH3 is 1. The standard InChI is InChI=1S/C19H29N5O3/c1-13(25)23-10-8-15-14(11-23)19(22(2)3)21-18(20-15)16-7-5-6-9-24(16)17(26)12-27-4/h16H,5-12H2,1-4H3/t16-/m0/s1. The molecule has 2 aliphatic rings. The summed E-state index contributed by atoms with van der Waals surface area (Å²) in [6.45, 7) is 3.59. The van der Waals surface area contributed by atoms with Crippen LogP contribution in [0.4, 0.5) is 5.82 Å². The normalized spacial score (nSPS) is 19.6. The molecule has 3 heterocycles. The second-order valence-corrected chi connectivity index (χ2v) is 7.45. The molecule has 0 unspecified atom stereocenters. The van der Waals surface area contributed by atoms with E-state index in [1.54, 1.807) is 6.92 Å². The SMILES string of the molecule is COCC(=O)N1CCCC[C@H]1c1nc2c(c(N(C)C)n1)CN(C(C)=O)CC2. The highest BCUT2D eigenvalue weighted by Gasteiger charge is 2.32. The van der Waals surface area contributed by atoms with Gasteiger partial charge >= 0.3 is 0 Å². The first-order valence-electron chi connectivity index (χ1n) is 9.53. The van der Waals surface area contributed by atoms with Crippen LogP contribution in [-0.2, 0) is 27.3 Å². The Hall–Kier alpha value is -2.22. The number of ether oxygens (including phenoxy) is 1. The number of hydrogen-bond acceptors (Lipinski definition) is 6. The fourth-order valence-corrected chi connectivity index (χ4v) is 3.91. The predicted octanol–water partition coefficient (Wildman–Crippen LogP) is 1.15. The van der Waals surface area contributed by atoms with Gasteiger partial charge in [0.15, 0.2) is 5.82 Å². The molecule has 0 spiro atoms. The number of carbonyl (C=O) groups excluding carboxylic acids is 2. The lowest BCUT2D eigenvalue weighted by atomic mass is 9.99. The average Bonchev–Trinajstić information content (AvgIpc) is 2.66. The molecular weight excluding hydrogens is 346 g/mol. The number of rotatable bonds is 4. The number of piperidine rings is 1. The Labute approximate surface area is 160 Å². The highest BCUT2D eigenvalue weighted by atomic mass is 16.5. The van der Waals surface area contributed by atoms with Crippen molar-refractivity contribution in [2.24, 2.45) is 0 Å². The van der Waals surface area contributed by atoms with Gasteiger partial charge in [0.25, 0.3) is 0 Å². The topological polar surface area (TPSA) is 78.9 Å². The van der Waals surface area contributed by atoms with E-state index < -0.39 is 0 Å². The number of fused-ring (bicyclic) bond motifs is 1. The zero-order valence-corrected chi connectivity index (χ0v) is 16.7. The molecule has 3 rings (SSSR count). The van der Waals surface area contributed by atoms with Gasteiger partial charge in [0.2, 0.25) is 11.8 Å². The molecule has 0 radical (unpaired) electrons. The smallest absolute Gasteiger partial charge is 0.249 e. The van der Waals surface area contributed by atoms with Crippen molar-refractivity contribution in [2.45, 2.75) is 45.2 Å². The highest BCUT2D eigenvalue weighted by Crippen LogP contribution is 2.33. The average molecular weight is 375 g/mol. The van der Waals surface area contributed by atoms with Gasteiger partial charge in [-0.15, -0.1) is 0 Å². The molecule has 2 aliphatic heterocycles. The summed E-state index contributed by atoms with van der Waals surface area (Å²) in [5.41, 5.74) is 2.00. The van der Waals surface area contributed by atoms with E-state index in [0.29, 0.717) is 31.9 Å². The molecule has 1 fully saturated rings. The van der Waals surface area contributed by atoms with E-state index in [1.165, 1.54) is 7.11 Å². The summed E-state index contributed by atoms with van der Waals surface area (Å²) in [6, 6.07) is -0.115. The number of hydrogen-bond donors (Lipinski definition) is 0. The lowest BCUT2D eigenvalue weighted by Gasteiger charge is -2.36. The van der Waals surface area contributed by atoms with Gasteiger partial charge in [0, 0.05) is 53.2 Å². The second-order valence-electron chi connectivity index (χ2n) is 7.45. The van der Waals surface area contributed by atoms with Crippen LogP contribution in [0.1, 0.15) is 49.3 Å². The van der Waals surface area contributed by atoms with Crippen LogP contribution in [0.15, 0.2) is 0 Å². The molecule has 1 aromatic rings. The highest BCUT2D eigenvalue weighted by molar-refractivity contribution is 5.78. The number of amides is 2. The molecule has 1 aromatic heterocycles. The maximum absolute atomic E-state index is 12.5. The Bertz CT molecular complexity index is 722. The third-order valence-corrected chi connectivity index (χ3v) is 5.31. The second kappa shape index (κ2) is 8.21. The van der Waals surface area contributed by atoms with Crippen molar-refractivity contribution in [3.05, 3.63) is 17.1 Å². The Morgan fingerprint density at radius 1 is 1.22 bits per heavy atom. The van der Waals surface area contributed by atoms with Crippen LogP contribution in [-0.4, -0.2) is 72.5 Å². The Kier molecular flexibility index (Phi) is 5.94. The molecule has 8 heteroatoms. The van der Waals surface area contributed by atoms with Gasteiger partial charge in [-0.3, -0.25) is 9.59 Å². The van der Waals surface area contributed by atoms with Crippen molar-refractivity contribution in [3.63, 3.8) is 0 Å². The number of aromatic nitrogens is 2. The summed E-state index contributed by atoms with van der Waals surface area (Å²) < 4.78 is 5.05. The van der Waals surface area contributed by atoms with Crippen LogP contribution in [0.5, 0.6) is 0 Å². The first-order chi connectivity index (χ1) is 12.9. The quantitative estimate of drug-likeness (QED) is 0.785. The van der Waals surface area contributed by atoms with Crippen LogP contribution in [0.25, 0.3) is 0 Å². The minimum Gasteiger partial charge on any atom is -0.375 e. The van der Waals surface area contributed by atoms with Gasteiger partial charge in [-0.05, 0) is 19.3 Å². The van der Waals surface area contributed by atoms with Crippen LogP contribution < -0.4 is 4.90 Å². The zero-order valence-electron chi connectivity index (χ0n) is 16.7. The number of nitrogens with zero attached hydrogens (tertiary/aromatic N) is 5. The van der Waals surface area contributed by atoms with E-state index in [4.69, 9.17) is 14.7 Å². The molecule has 8 nitrogen and oxygen atoms in total.